The molecule has 2 aromatic heterocycles. The SMILES string of the molecule is Nc1nc(C(=NO)C(=O)NC2C(=O)N3C(C(=O)O)=C(C=Cc4cncs4)CS[C@@H]23)cs1. The van der Waals surface area contributed by atoms with Crippen LogP contribution in [0.5, 0.6) is 0 Å². The Morgan fingerprint density at radius 3 is 2.77 bits per heavy atom. The van der Waals surface area contributed by atoms with Gasteiger partial charge in [-0.05, 0) is 11.6 Å². The van der Waals surface area contributed by atoms with Gasteiger partial charge in [0.05, 0.1) is 5.51 Å². The van der Waals surface area contributed by atoms with Crippen molar-refractivity contribution in [2.24, 2.45) is 5.16 Å². The van der Waals surface area contributed by atoms with Crippen LogP contribution in [-0.2, 0) is 14.4 Å². The Bertz CT molecular complexity index is 1140. The highest BCUT2D eigenvalue weighted by atomic mass is 32.2. The number of anilines is 1. The van der Waals surface area contributed by atoms with E-state index < -0.39 is 29.2 Å². The zero-order valence-corrected chi connectivity index (χ0v) is 17.9. The second kappa shape index (κ2) is 8.49. The van der Waals surface area contributed by atoms with E-state index in [0.29, 0.717) is 11.3 Å². The summed E-state index contributed by atoms with van der Waals surface area (Å²) in [4.78, 5) is 47.0. The molecule has 1 saturated heterocycles. The first-order valence-electron chi connectivity index (χ1n) is 8.62. The number of oxime groups is 1. The number of hydrogen-bond donors (Lipinski definition) is 4. The Hall–Kier alpha value is -3.23. The Morgan fingerprint density at radius 1 is 1.35 bits per heavy atom. The highest BCUT2D eigenvalue weighted by Crippen LogP contribution is 2.40. The Kier molecular flexibility index (Phi) is 5.75. The number of allylic oxidation sites excluding steroid dienone is 1. The maximum atomic E-state index is 12.7. The highest BCUT2D eigenvalue weighted by molar-refractivity contribution is 8.00. The topological polar surface area (TPSA) is 171 Å². The van der Waals surface area contributed by atoms with Gasteiger partial charge in [-0.3, -0.25) is 19.5 Å². The summed E-state index contributed by atoms with van der Waals surface area (Å²) in [5.41, 5.74) is 7.24. The summed E-state index contributed by atoms with van der Waals surface area (Å²) in [6, 6.07) is -0.966. The standard InChI is InChI=1S/C17H14N6O5S3/c18-17-20-9(5-30-17)10(22-28)13(24)21-11-14(25)23-12(16(26)27)7(4-29-15(11)23)1-2-8-3-19-6-31-8/h1-3,5-6,11,15,28H,4H2,(H2,18,20)(H,21,24)(H,26,27)/t11?,15-/m0/s1. The van der Waals surface area contributed by atoms with Crippen molar-refractivity contribution in [3.63, 3.8) is 0 Å². The third-order valence-electron chi connectivity index (χ3n) is 4.47. The predicted octanol–water partition coefficient (Wildman–Crippen LogP) is 0.812. The summed E-state index contributed by atoms with van der Waals surface area (Å²) >= 11 is 3.79. The molecule has 0 aromatic carbocycles. The minimum absolute atomic E-state index is 0.0732. The average molecular weight is 479 g/mol. The number of nitrogens with zero attached hydrogens (tertiary/aromatic N) is 4. The molecule has 2 aliphatic rings. The van der Waals surface area contributed by atoms with Crippen LogP contribution >= 0.6 is 34.4 Å². The maximum absolute atomic E-state index is 12.7. The molecule has 0 aliphatic carbocycles. The molecule has 0 saturated carbocycles. The number of nitrogens with two attached hydrogens (primary N) is 1. The molecule has 5 N–H and O–H groups in total. The van der Waals surface area contributed by atoms with Crippen LogP contribution in [-0.4, -0.2) is 65.8 Å². The number of carbonyl (C=O) groups excluding carboxylic acids is 2. The van der Waals surface area contributed by atoms with Crippen LogP contribution in [0.4, 0.5) is 5.13 Å². The molecule has 160 valence electrons. The lowest BCUT2D eigenvalue weighted by atomic mass is 10.0. The van der Waals surface area contributed by atoms with Crippen LogP contribution < -0.4 is 11.1 Å². The molecule has 0 spiro atoms. The number of thioether (sulfide) groups is 1. The van der Waals surface area contributed by atoms with Gasteiger partial charge in [-0.1, -0.05) is 11.2 Å². The number of hydrogen-bond acceptors (Lipinski definition) is 11. The van der Waals surface area contributed by atoms with Gasteiger partial charge in [0.15, 0.2) is 10.8 Å². The van der Waals surface area contributed by atoms with Gasteiger partial charge in [0.25, 0.3) is 11.8 Å². The summed E-state index contributed by atoms with van der Waals surface area (Å²) in [6.45, 7) is 0. The van der Waals surface area contributed by atoms with Crippen molar-refractivity contribution in [1.29, 1.82) is 0 Å². The minimum Gasteiger partial charge on any atom is -0.477 e. The van der Waals surface area contributed by atoms with Gasteiger partial charge >= 0.3 is 5.97 Å². The minimum atomic E-state index is -1.23. The summed E-state index contributed by atoms with van der Waals surface area (Å²) in [5, 5.41) is 25.4. The molecule has 11 nitrogen and oxygen atoms in total. The quantitative estimate of drug-likeness (QED) is 0.203. The zero-order valence-electron chi connectivity index (χ0n) is 15.5. The molecule has 2 aliphatic heterocycles. The molecule has 0 radical (unpaired) electrons. The van der Waals surface area contributed by atoms with Gasteiger partial charge in [0.1, 0.15) is 22.8 Å². The predicted molar refractivity (Wildman–Crippen MR) is 116 cm³/mol. The lowest BCUT2D eigenvalue weighted by Gasteiger charge is -2.49. The van der Waals surface area contributed by atoms with Crippen LogP contribution in [0.1, 0.15) is 10.6 Å². The molecule has 1 unspecified atom stereocenters. The van der Waals surface area contributed by atoms with E-state index in [1.165, 1.54) is 28.5 Å². The molecule has 4 heterocycles. The number of carbonyl (C=O) groups is 3. The molecular weight excluding hydrogens is 464 g/mol. The molecular formula is C17H14N6O5S3. The number of aliphatic carboxylic acids is 1. The van der Waals surface area contributed by atoms with Crippen molar-refractivity contribution in [1.82, 2.24) is 20.2 Å². The molecule has 2 aromatic rings. The normalized spacial score (nSPS) is 21.2. The van der Waals surface area contributed by atoms with E-state index in [1.54, 1.807) is 23.9 Å². The first-order valence-corrected chi connectivity index (χ1v) is 11.4. The number of nitrogens with one attached hydrogen (secondary N) is 1. The third-order valence-corrected chi connectivity index (χ3v) is 7.18. The Balaban J connectivity index is 1.52. The van der Waals surface area contributed by atoms with Gasteiger partial charge in [-0.25, -0.2) is 9.78 Å². The van der Waals surface area contributed by atoms with Crippen LogP contribution in [0.15, 0.2) is 39.6 Å². The van der Waals surface area contributed by atoms with Crippen LogP contribution in [0.25, 0.3) is 6.08 Å². The number of amides is 2. The molecule has 0 bridgehead atoms. The molecule has 31 heavy (non-hydrogen) atoms. The first kappa shape index (κ1) is 21.0. The average Bonchev–Trinajstić information content (AvgIpc) is 3.42. The summed E-state index contributed by atoms with van der Waals surface area (Å²) in [6.07, 6.45) is 5.05. The number of β-lactam (4-membered cyclic amide) rings is 1. The van der Waals surface area contributed by atoms with Crippen molar-refractivity contribution in [3.8, 4) is 0 Å². The van der Waals surface area contributed by atoms with E-state index in [0.717, 1.165) is 21.1 Å². The van der Waals surface area contributed by atoms with Crippen LogP contribution in [0, 0.1) is 0 Å². The summed E-state index contributed by atoms with van der Waals surface area (Å²) in [7, 11) is 0. The number of aromatic nitrogens is 2. The molecule has 4 rings (SSSR count). The molecule has 1 fully saturated rings. The van der Waals surface area contributed by atoms with Gasteiger partial charge in [0.2, 0.25) is 0 Å². The van der Waals surface area contributed by atoms with Crippen molar-refractivity contribution < 1.29 is 24.7 Å². The largest absolute Gasteiger partial charge is 0.477 e. The van der Waals surface area contributed by atoms with Gasteiger partial charge < -0.3 is 21.4 Å². The summed E-state index contributed by atoms with van der Waals surface area (Å²) in [5.74, 6) is -2.28. The number of nitrogen functional groups attached to an aromatic ring is 1. The molecule has 14 heteroatoms. The van der Waals surface area contributed by atoms with Crippen LogP contribution in [0.2, 0.25) is 0 Å². The lowest BCUT2D eigenvalue weighted by Crippen LogP contribution is -2.71. The van der Waals surface area contributed by atoms with Crippen molar-refractivity contribution >= 4 is 69.1 Å². The Labute approximate surface area is 187 Å². The summed E-state index contributed by atoms with van der Waals surface area (Å²) < 4.78 is 0. The van der Waals surface area contributed by atoms with Crippen molar-refractivity contribution in [2.45, 2.75) is 11.4 Å². The Morgan fingerprint density at radius 2 is 2.16 bits per heavy atom. The lowest BCUT2D eigenvalue weighted by molar-refractivity contribution is -0.150. The fourth-order valence-corrected chi connectivity index (χ4v) is 5.46. The second-order valence-corrected chi connectivity index (χ2v) is 9.21. The van der Waals surface area contributed by atoms with Crippen LogP contribution in [0.3, 0.4) is 0 Å². The second-order valence-electron chi connectivity index (χ2n) is 6.30. The number of thiazole rings is 2. The van der Waals surface area contributed by atoms with Crippen molar-refractivity contribution in [2.75, 3.05) is 11.5 Å². The van der Waals surface area contributed by atoms with Gasteiger partial charge in [-0.2, -0.15) is 0 Å². The number of carboxylic acids is 1. The third kappa shape index (κ3) is 3.92. The van der Waals surface area contributed by atoms with Crippen molar-refractivity contribution in [3.05, 3.63) is 45.0 Å². The van der Waals surface area contributed by atoms with E-state index in [1.807, 2.05) is 0 Å². The van der Waals surface area contributed by atoms with E-state index in [-0.39, 0.29) is 22.2 Å². The number of rotatable bonds is 6. The highest BCUT2D eigenvalue weighted by Gasteiger charge is 2.54. The smallest absolute Gasteiger partial charge is 0.352 e. The zero-order chi connectivity index (χ0) is 22.1. The van der Waals surface area contributed by atoms with Gasteiger partial charge in [-0.15, -0.1) is 34.4 Å². The molecule has 2 amide bonds. The van der Waals surface area contributed by atoms with E-state index in [2.05, 4.69) is 20.4 Å². The fraction of sp³-hybridized carbons (Fsp3) is 0.176. The van der Waals surface area contributed by atoms with E-state index >= 15 is 0 Å². The van der Waals surface area contributed by atoms with E-state index in [9.17, 15) is 24.7 Å². The maximum Gasteiger partial charge on any atom is 0.352 e. The van der Waals surface area contributed by atoms with E-state index in [4.69, 9.17) is 5.73 Å². The number of carboxylic acid groups (broad SMARTS) is 1. The molecule has 2 atom stereocenters. The monoisotopic (exact) mass is 478 g/mol. The van der Waals surface area contributed by atoms with Gasteiger partial charge in [0, 0.05) is 22.2 Å². The fourth-order valence-electron chi connectivity index (χ4n) is 3.08. The first-order chi connectivity index (χ1) is 14.9. The number of fused-ring (bicyclic) bond motifs is 1.